The van der Waals surface area contributed by atoms with E-state index in [-0.39, 0.29) is 0 Å². The van der Waals surface area contributed by atoms with Gasteiger partial charge >= 0.3 is 0 Å². The van der Waals surface area contributed by atoms with E-state index in [0.29, 0.717) is 17.5 Å². The van der Waals surface area contributed by atoms with Crippen LogP contribution in [0.15, 0.2) is 522 Å². The molecule has 0 radical (unpaired) electrons. The molecule has 29 aromatic rings. The Bertz CT molecular complexity index is 9920. The Hall–Kier alpha value is -19.6. The van der Waals surface area contributed by atoms with E-state index in [9.17, 15) is 0 Å². The van der Waals surface area contributed by atoms with Gasteiger partial charge in [-0.1, -0.05) is 425 Å². The fraction of sp³-hybridized carbons (Fsp3) is 0. The van der Waals surface area contributed by atoms with Crippen molar-refractivity contribution in [3.63, 3.8) is 0 Å². The highest BCUT2D eigenvalue weighted by atomic mass is 15.1. The molecular weight excluding hydrogens is 1750 g/mol. The van der Waals surface area contributed by atoms with E-state index in [1.807, 2.05) is 48.5 Å². The van der Waals surface area contributed by atoms with Crippen molar-refractivity contribution in [1.29, 1.82) is 0 Å². The number of hydrogen-bond acceptors (Lipinski definition) is 6. The van der Waals surface area contributed by atoms with Gasteiger partial charge in [-0.25, -0.2) is 29.9 Å². The number of hydrogen-bond donors (Lipinski definition) is 0. The van der Waals surface area contributed by atoms with Crippen molar-refractivity contribution < 1.29 is 0 Å². The van der Waals surface area contributed by atoms with Gasteiger partial charge < -0.3 is 13.7 Å². The van der Waals surface area contributed by atoms with Gasteiger partial charge in [-0.05, 0) is 101 Å². The quantitative estimate of drug-likeness (QED) is 0.107. The smallest absolute Gasteiger partial charge is 0.162 e. The molecule has 29 rings (SSSR count). The van der Waals surface area contributed by atoms with Crippen molar-refractivity contribution in [2.75, 3.05) is 0 Å². The Morgan fingerprint density at radius 3 is 0.604 bits per heavy atom. The lowest BCUT2D eigenvalue weighted by Gasteiger charge is -2.14. The molecular formula is C132H86N12. The average Bonchev–Trinajstić information content (AvgIpc) is 1.55. The monoisotopic (exact) mass is 1840 g/mol. The summed E-state index contributed by atoms with van der Waals surface area (Å²) >= 11 is 0. The van der Waals surface area contributed by atoms with Crippen molar-refractivity contribution in [2.24, 2.45) is 0 Å². The lowest BCUT2D eigenvalue weighted by Crippen LogP contribution is -2.04. The molecule has 0 unspecified atom stereocenters. The van der Waals surface area contributed by atoms with Crippen LogP contribution in [-0.2, 0) is 0 Å². The van der Waals surface area contributed by atoms with Crippen LogP contribution in [-0.4, -0.2) is 57.3 Å². The standard InChI is InChI=1S/2C46H30N4.C40H26N4/c1-4-15-31(16-5-1)33-19-14-20-34(29-33)46-47-40(32-17-6-2-7-18-32)30-43(48-46)50-42-26-13-11-24-37(42)39-28-27-38-36-23-10-12-25-41(36)49(44(38)45(39)50)35-21-8-3-9-22-35;1-4-14-31(15-5-1)32-24-26-34(27-25-32)46-47-40(33-16-6-2-7-17-33)30-43(48-46)50-42-23-13-11-21-37(42)39-29-28-38-36-20-10-12-22-41(36)49(44(38)45(39)50)35-18-8-3-9-19-35;1-4-14-27(15-5-1)34-26-37(42-40(41-34)28-16-6-2-7-17-28)44-36-23-13-11-21-31(36)33-25-24-32-30-20-10-12-22-35(30)43(38(32)39(33)44)29-18-8-3-9-19-29/h2*1-30H;1-26H. The topological polar surface area (TPSA) is 107 Å². The molecule has 144 heavy (non-hydrogen) atoms. The molecule has 0 saturated carbocycles. The van der Waals surface area contributed by atoms with Gasteiger partial charge in [0.1, 0.15) is 17.5 Å². The third-order valence-electron chi connectivity index (χ3n) is 28.0. The van der Waals surface area contributed by atoms with Crippen LogP contribution in [0.3, 0.4) is 0 Å². The normalized spacial score (nSPS) is 11.6. The van der Waals surface area contributed by atoms with Gasteiger partial charge in [0.2, 0.25) is 0 Å². The molecule has 20 aromatic carbocycles. The molecule has 0 atom stereocenters. The maximum Gasteiger partial charge on any atom is 0.162 e. The number of benzene rings is 20. The number of fused-ring (bicyclic) bond motifs is 21. The molecule has 0 aliphatic heterocycles. The summed E-state index contributed by atoms with van der Waals surface area (Å²) in [5, 5.41) is 14.4. The highest BCUT2D eigenvalue weighted by Gasteiger charge is 2.29. The first-order valence-electron chi connectivity index (χ1n) is 48.7. The maximum atomic E-state index is 5.41. The molecule has 0 fully saturated rings. The van der Waals surface area contributed by atoms with Crippen LogP contribution in [0.1, 0.15) is 0 Å². The van der Waals surface area contributed by atoms with Crippen LogP contribution in [0.4, 0.5) is 0 Å². The molecule has 12 heteroatoms. The van der Waals surface area contributed by atoms with Crippen molar-refractivity contribution in [3.8, 4) is 125 Å². The second-order valence-corrected chi connectivity index (χ2v) is 36.4. The average molecular weight is 1840 g/mol. The van der Waals surface area contributed by atoms with Gasteiger partial charge in [-0.15, -0.1) is 0 Å². The van der Waals surface area contributed by atoms with E-state index in [2.05, 4.69) is 501 Å². The van der Waals surface area contributed by atoms with Gasteiger partial charge in [-0.2, -0.15) is 0 Å². The zero-order chi connectivity index (χ0) is 95.1. The van der Waals surface area contributed by atoms with Crippen LogP contribution >= 0.6 is 0 Å². The Morgan fingerprint density at radius 1 is 0.118 bits per heavy atom. The van der Waals surface area contributed by atoms with Crippen LogP contribution < -0.4 is 0 Å². The summed E-state index contributed by atoms with van der Waals surface area (Å²) in [6.07, 6.45) is 0. The number of para-hydroxylation sites is 9. The van der Waals surface area contributed by atoms with E-state index >= 15 is 0 Å². The fourth-order valence-electron chi connectivity index (χ4n) is 21.6. The van der Waals surface area contributed by atoms with E-state index in [1.165, 1.54) is 86.7 Å². The first kappa shape index (κ1) is 83.8. The van der Waals surface area contributed by atoms with Gasteiger partial charge in [0.25, 0.3) is 0 Å². The molecule has 0 N–H and O–H groups in total. The first-order chi connectivity index (χ1) is 71.5. The second kappa shape index (κ2) is 35.5. The van der Waals surface area contributed by atoms with Gasteiger partial charge in [0.15, 0.2) is 17.5 Å². The molecule has 9 heterocycles. The van der Waals surface area contributed by atoms with E-state index in [0.717, 1.165) is 151 Å². The minimum atomic E-state index is 0.681. The lowest BCUT2D eigenvalue weighted by molar-refractivity contribution is 1.05. The maximum absolute atomic E-state index is 5.41. The van der Waals surface area contributed by atoms with E-state index in [1.54, 1.807) is 0 Å². The summed E-state index contributed by atoms with van der Waals surface area (Å²) in [4.78, 5) is 31.5. The summed E-state index contributed by atoms with van der Waals surface area (Å²) in [6.45, 7) is 0. The summed E-state index contributed by atoms with van der Waals surface area (Å²) < 4.78 is 14.3. The molecule has 0 bridgehead atoms. The SMILES string of the molecule is c1ccc(-c2cc(-n3c4ccccc4c4ccc5c6ccccc6n(-c6ccccc6)c5c43)nc(-c3ccccc3)n2)cc1.c1ccc(-c2ccc(-c3nc(-c4ccccc4)cc(-n4c5ccccc5c5ccc6c7ccccc7n(-c7ccccc7)c6c54)n3)cc2)cc1.c1ccc(-c2cccc(-c3nc(-c4ccccc4)cc(-n4c5ccccc5c5ccc6c7ccccc7n(-c7ccccc7)c6c54)n3)c2)cc1. The Balaban J connectivity index is 0.000000108. The predicted octanol–water partition coefficient (Wildman–Crippen LogP) is 33.3. The minimum absolute atomic E-state index is 0.681. The molecule has 12 nitrogen and oxygen atoms in total. The Morgan fingerprint density at radius 2 is 0.312 bits per heavy atom. The molecule has 0 spiro atoms. The summed E-state index contributed by atoms with van der Waals surface area (Å²) in [5.41, 5.74) is 30.3. The van der Waals surface area contributed by atoms with Crippen LogP contribution in [0.5, 0.6) is 0 Å². The Kier molecular flexibility index (Phi) is 20.6. The first-order valence-corrected chi connectivity index (χ1v) is 48.7. The molecule has 0 saturated heterocycles. The molecule has 0 aliphatic carbocycles. The third-order valence-corrected chi connectivity index (χ3v) is 28.0. The molecule has 0 aliphatic rings. The summed E-state index contributed by atoms with van der Waals surface area (Å²) in [5.74, 6) is 4.54. The molecule has 674 valence electrons. The minimum Gasteiger partial charge on any atom is -0.307 e. The molecule has 0 amide bonds. The summed E-state index contributed by atoms with van der Waals surface area (Å²) in [6, 6.07) is 184. The van der Waals surface area contributed by atoms with Crippen LogP contribution in [0.25, 0.3) is 256 Å². The Labute approximate surface area is 828 Å². The van der Waals surface area contributed by atoms with Crippen molar-refractivity contribution >= 4 is 131 Å². The highest BCUT2D eigenvalue weighted by Crippen LogP contribution is 2.48. The highest BCUT2D eigenvalue weighted by molar-refractivity contribution is 6.27. The van der Waals surface area contributed by atoms with Crippen molar-refractivity contribution in [2.45, 2.75) is 0 Å². The zero-order valence-electron chi connectivity index (χ0n) is 78.0. The number of rotatable bonds is 14. The van der Waals surface area contributed by atoms with E-state index < -0.39 is 0 Å². The molecule has 9 aromatic heterocycles. The number of aromatic nitrogens is 12. The zero-order valence-corrected chi connectivity index (χ0v) is 78.0. The van der Waals surface area contributed by atoms with Gasteiger partial charge in [0, 0.05) is 133 Å². The van der Waals surface area contributed by atoms with Gasteiger partial charge in [0.05, 0.1) is 83.3 Å². The van der Waals surface area contributed by atoms with Crippen LogP contribution in [0.2, 0.25) is 0 Å². The largest absolute Gasteiger partial charge is 0.307 e. The third kappa shape index (κ3) is 14.5. The number of nitrogens with zero attached hydrogens (tertiary/aromatic N) is 12. The predicted molar refractivity (Wildman–Crippen MR) is 596 cm³/mol. The van der Waals surface area contributed by atoms with Gasteiger partial charge in [-0.3, -0.25) is 13.7 Å². The van der Waals surface area contributed by atoms with Crippen molar-refractivity contribution in [1.82, 2.24) is 57.3 Å². The summed E-state index contributed by atoms with van der Waals surface area (Å²) in [7, 11) is 0. The van der Waals surface area contributed by atoms with Crippen LogP contribution in [0, 0.1) is 0 Å². The van der Waals surface area contributed by atoms with Crippen molar-refractivity contribution in [3.05, 3.63) is 522 Å². The van der Waals surface area contributed by atoms with E-state index in [4.69, 9.17) is 29.9 Å². The fourth-order valence-corrected chi connectivity index (χ4v) is 21.6. The lowest BCUT2D eigenvalue weighted by atomic mass is 10.0. The second-order valence-electron chi connectivity index (χ2n) is 36.4.